The van der Waals surface area contributed by atoms with Crippen molar-refractivity contribution in [2.75, 3.05) is 31.6 Å². The quantitative estimate of drug-likeness (QED) is 0.603. The number of hydrogen-bond donors (Lipinski definition) is 1. The van der Waals surface area contributed by atoms with Gasteiger partial charge in [0.1, 0.15) is 12.7 Å². The Labute approximate surface area is 174 Å². The second kappa shape index (κ2) is 8.62. The molecule has 0 spiro atoms. The number of anilines is 1. The van der Waals surface area contributed by atoms with Crippen molar-refractivity contribution in [2.45, 2.75) is 63.8 Å². The van der Waals surface area contributed by atoms with Gasteiger partial charge in [-0.05, 0) is 50.5 Å². The lowest BCUT2D eigenvalue weighted by molar-refractivity contribution is -0.138. The monoisotopic (exact) mass is 401 g/mol. The van der Waals surface area contributed by atoms with Gasteiger partial charge in [0.25, 0.3) is 0 Å². The van der Waals surface area contributed by atoms with Gasteiger partial charge >= 0.3 is 0 Å². The molecule has 1 aromatic carbocycles. The molecule has 1 aromatic rings. The Balaban J connectivity index is 1.39. The predicted octanol–water partition coefficient (Wildman–Crippen LogP) is 4.30. The van der Waals surface area contributed by atoms with E-state index >= 15 is 0 Å². The molecule has 1 saturated carbocycles. The number of benzene rings is 1. The number of piperidine rings is 1. The molecule has 29 heavy (non-hydrogen) atoms. The molecule has 0 radical (unpaired) electrons. The van der Waals surface area contributed by atoms with E-state index in [1.165, 1.54) is 45.6 Å². The van der Waals surface area contributed by atoms with Gasteiger partial charge in [-0.15, -0.1) is 0 Å². The van der Waals surface area contributed by atoms with Crippen LogP contribution in [0.25, 0.3) is 0 Å². The number of hydrogen-bond acceptors (Lipinski definition) is 4. The van der Waals surface area contributed by atoms with Gasteiger partial charge in [0.2, 0.25) is 5.91 Å². The van der Waals surface area contributed by atoms with Gasteiger partial charge in [-0.1, -0.05) is 31.4 Å². The van der Waals surface area contributed by atoms with Crippen LogP contribution in [0, 0.1) is 17.0 Å². The normalized spacial score (nSPS) is 26.5. The molecule has 1 amide bonds. The topological polar surface area (TPSA) is 66.8 Å². The van der Waals surface area contributed by atoms with Gasteiger partial charge in [0, 0.05) is 37.7 Å². The molecule has 1 aliphatic carbocycles. The van der Waals surface area contributed by atoms with Crippen LogP contribution in [-0.4, -0.2) is 48.7 Å². The molecule has 1 N–H and O–H groups in total. The first-order chi connectivity index (χ1) is 13.9. The average Bonchev–Trinajstić information content (AvgIpc) is 3.23. The summed E-state index contributed by atoms with van der Waals surface area (Å²) in [4.78, 5) is 16.3. The molecule has 3 fully saturated rings. The van der Waals surface area contributed by atoms with Crippen molar-refractivity contribution >= 4 is 17.3 Å². The zero-order valence-corrected chi connectivity index (χ0v) is 17.6. The van der Waals surface area contributed by atoms with E-state index in [2.05, 4.69) is 9.80 Å². The number of quaternary nitrogens is 1. The second-order valence-electron chi connectivity index (χ2n) is 9.27. The van der Waals surface area contributed by atoms with Crippen molar-refractivity contribution in [3.05, 3.63) is 29.5 Å². The number of carbonyl (C=O) groups is 1. The lowest BCUT2D eigenvalue weighted by Crippen LogP contribution is -2.47. The Kier molecular flexibility index (Phi) is 6.13. The molecule has 3 aliphatic rings. The van der Waals surface area contributed by atoms with E-state index in [9.17, 15) is 15.2 Å². The van der Waals surface area contributed by atoms with E-state index in [1.54, 1.807) is 12.1 Å². The fraction of sp³-hybridized carbons (Fsp3) is 0.696. The van der Waals surface area contributed by atoms with Crippen molar-refractivity contribution in [2.24, 2.45) is 11.8 Å². The third kappa shape index (κ3) is 4.44. The van der Waals surface area contributed by atoms with Crippen molar-refractivity contribution in [1.29, 1.82) is 0 Å². The van der Waals surface area contributed by atoms with Crippen LogP contribution in [0.1, 0.15) is 57.8 Å². The minimum absolute atomic E-state index is 0.0878. The molecule has 0 aromatic heterocycles. The summed E-state index contributed by atoms with van der Waals surface area (Å²) >= 11 is 0. The van der Waals surface area contributed by atoms with E-state index in [0.29, 0.717) is 23.6 Å². The maximum Gasteiger partial charge on any atom is 0.226 e. The van der Waals surface area contributed by atoms with Gasteiger partial charge in [-0.3, -0.25) is 4.79 Å². The highest BCUT2D eigenvalue weighted by molar-refractivity contribution is 5.80. The fourth-order valence-electron chi connectivity index (χ4n) is 5.76. The highest BCUT2D eigenvalue weighted by Crippen LogP contribution is 2.37. The molecule has 160 valence electrons. The fourth-order valence-corrected chi connectivity index (χ4v) is 5.76. The molecule has 2 saturated heterocycles. The van der Waals surface area contributed by atoms with Crippen molar-refractivity contribution in [3.63, 3.8) is 0 Å². The van der Waals surface area contributed by atoms with Crippen LogP contribution in [0.4, 0.5) is 11.4 Å². The van der Waals surface area contributed by atoms with Crippen LogP contribution in [0.15, 0.2) is 24.3 Å². The largest absolute Gasteiger partial charge is 0.593 e. The maximum absolute atomic E-state index is 13.3. The molecule has 2 unspecified atom stereocenters. The molecule has 4 rings (SSSR count). The number of para-hydroxylation sites is 2. The molecule has 6 nitrogen and oxygen atoms in total. The standard InChI is InChI=1S/C23H35N3O3/c1-26(28,29)22-12-6-5-10-21(22)24-16-13-19(14-17-24)23(27)25-15-7-11-20(25)18-8-3-2-4-9-18/h5-6,10,12,18-20,28H,2-4,7-9,11,13-17H2,1H3. The Bertz CT molecular complexity index is 704. The zero-order chi connectivity index (χ0) is 20.4. The molecule has 2 aliphatic heterocycles. The number of amides is 1. The molecular weight excluding hydrogens is 366 g/mol. The number of nitrogens with zero attached hydrogens (tertiary/aromatic N) is 3. The van der Waals surface area contributed by atoms with E-state index in [1.807, 2.05) is 12.1 Å². The van der Waals surface area contributed by atoms with E-state index in [-0.39, 0.29) is 5.92 Å². The van der Waals surface area contributed by atoms with Crippen LogP contribution < -0.4 is 9.71 Å². The molecule has 2 heterocycles. The minimum atomic E-state index is -1.42. The SMILES string of the molecule is C[N+]([O-])(O)c1ccccc1N1CCC(C(=O)N2CCCC2C2CCCCC2)CC1. The lowest BCUT2D eigenvalue weighted by Gasteiger charge is -2.39. The van der Waals surface area contributed by atoms with Crippen molar-refractivity contribution in [1.82, 2.24) is 9.71 Å². The van der Waals surface area contributed by atoms with Crippen LogP contribution in [0.2, 0.25) is 0 Å². The average molecular weight is 402 g/mol. The van der Waals surface area contributed by atoms with E-state index in [4.69, 9.17) is 0 Å². The second-order valence-corrected chi connectivity index (χ2v) is 9.27. The molecule has 2 atom stereocenters. The van der Waals surface area contributed by atoms with Crippen LogP contribution >= 0.6 is 0 Å². The predicted molar refractivity (Wildman–Crippen MR) is 116 cm³/mol. The van der Waals surface area contributed by atoms with E-state index < -0.39 is 4.81 Å². The molecule has 0 bridgehead atoms. The van der Waals surface area contributed by atoms with Crippen molar-refractivity contribution < 1.29 is 10.0 Å². The minimum Gasteiger partial charge on any atom is -0.593 e. The van der Waals surface area contributed by atoms with E-state index in [0.717, 1.165) is 44.6 Å². The summed E-state index contributed by atoms with van der Waals surface area (Å²) in [6.45, 7) is 2.42. The first-order valence-electron chi connectivity index (χ1n) is 11.4. The van der Waals surface area contributed by atoms with Crippen LogP contribution in [-0.2, 0) is 4.79 Å². The zero-order valence-electron chi connectivity index (χ0n) is 17.6. The number of rotatable bonds is 4. The third-order valence-corrected chi connectivity index (χ3v) is 7.29. The Morgan fingerprint density at radius 1 is 1.00 bits per heavy atom. The number of carbonyl (C=O) groups excluding carboxylic acids is 1. The van der Waals surface area contributed by atoms with Gasteiger partial charge in [-0.2, -0.15) is 4.81 Å². The summed E-state index contributed by atoms with van der Waals surface area (Å²) in [5.41, 5.74) is 1.13. The maximum atomic E-state index is 13.3. The van der Waals surface area contributed by atoms with Gasteiger partial charge in [0.15, 0.2) is 5.69 Å². The van der Waals surface area contributed by atoms with Crippen molar-refractivity contribution in [3.8, 4) is 0 Å². The summed E-state index contributed by atoms with van der Waals surface area (Å²) in [5, 5.41) is 22.0. The lowest BCUT2D eigenvalue weighted by atomic mass is 9.82. The molecule has 6 heteroatoms. The van der Waals surface area contributed by atoms with Gasteiger partial charge in [0.05, 0.1) is 0 Å². The Morgan fingerprint density at radius 2 is 1.69 bits per heavy atom. The highest BCUT2D eigenvalue weighted by atomic mass is 16.8. The van der Waals surface area contributed by atoms with Gasteiger partial charge < -0.3 is 15.0 Å². The van der Waals surface area contributed by atoms with Crippen LogP contribution in [0.5, 0.6) is 0 Å². The first-order valence-corrected chi connectivity index (χ1v) is 11.4. The summed E-state index contributed by atoms with van der Waals surface area (Å²) in [6, 6.07) is 7.71. The van der Waals surface area contributed by atoms with Crippen LogP contribution in [0.3, 0.4) is 0 Å². The summed E-state index contributed by atoms with van der Waals surface area (Å²) < 4.78 is 0. The number of hydroxylamine groups is 2. The van der Waals surface area contributed by atoms with Gasteiger partial charge in [-0.25, -0.2) is 5.21 Å². The first kappa shape index (κ1) is 20.6. The highest BCUT2D eigenvalue weighted by Gasteiger charge is 2.38. The molecular formula is C23H35N3O3. The summed E-state index contributed by atoms with van der Waals surface area (Å²) in [7, 11) is 1.23. The Hall–Kier alpha value is -1.63. The third-order valence-electron chi connectivity index (χ3n) is 7.29. The summed E-state index contributed by atoms with van der Waals surface area (Å²) in [6.07, 6.45) is 10.5. The smallest absolute Gasteiger partial charge is 0.226 e. The summed E-state index contributed by atoms with van der Waals surface area (Å²) in [5.74, 6) is 1.15. The Morgan fingerprint density at radius 3 is 2.38 bits per heavy atom. The number of likely N-dealkylation sites (tertiary alicyclic amines) is 1.